The summed E-state index contributed by atoms with van der Waals surface area (Å²) in [4.78, 5) is 21.1. The van der Waals surface area contributed by atoms with E-state index in [0.717, 1.165) is 32.6 Å². The Morgan fingerprint density at radius 2 is 1.73 bits per heavy atom. The van der Waals surface area contributed by atoms with E-state index >= 15 is 0 Å². The molecule has 3 heterocycles. The minimum absolute atomic E-state index is 0.0124. The van der Waals surface area contributed by atoms with Crippen LogP contribution in [0.25, 0.3) is 10.2 Å². The van der Waals surface area contributed by atoms with Gasteiger partial charge < -0.3 is 4.90 Å². The molecule has 1 amide bonds. The van der Waals surface area contributed by atoms with Gasteiger partial charge in [-0.15, -0.1) is 11.3 Å². The van der Waals surface area contributed by atoms with Crippen molar-refractivity contribution < 1.29 is 13.2 Å². The topological polar surface area (TPSA) is 70.6 Å². The van der Waals surface area contributed by atoms with Crippen LogP contribution in [-0.2, 0) is 15.8 Å². The van der Waals surface area contributed by atoms with Crippen molar-refractivity contribution in [2.45, 2.75) is 26.5 Å². The highest BCUT2D eigenvalue weighted by Gasteiger charge is 2.31. The fraction of sp³-hybridized carbons (Fsp3) is 0.364. The van der Waals surface area contributed by atoms with Gasteiger partial charge in [-0.3, -0.25) is 4.79 Å². The van der Waals surface area contributed by atoms with E-state index in [1.807, 2.05) is 57.2 Å². The second-order valence-corrected chi connectivity index (χ2v) is 10.7. The Labute approximate surface area is 181 Å². The van der Waals surface area contributed by atoms with E-state index < -0.39 is 10.0 Å². The predicted octanol–water partition coefficient (Wildman–Crippen LogP) is 3.51. The molecule has 0 spiro atoms. The van der Waals surface area contributed by atoms with Crippen LogP contribution in [0.1, 0.15) is 32.1 Å². The van der Waals surface area contributed by atoms with E-state index in [4.69, 9.17) is 0 Å². The number of benzene rings is 1. The van der Waals surface area contributed by atoms with Crippen LogP contribution in [0.4, 0.5) is 0 Å². The number of aryl methyl sites for hydroxylation is 3. The number of pyridine rings is 1. The number of piperazine rings is 1. The molecule has 6 nitrogen and oxygen atoms in total. The molecule has 30 heavy (non-hydrogen) atoms. The second kappa shape index (κ2) is 8.09. The summed E-state index contributed by atoms with van der Waals surface area (Å²) < 4.78 is 27.0. The molecule has 1 aromatic carbocycles. The van der Waals surface area contributed by atoms with Crippen molar-refractivity contribution in [2.75, 3.05) is 26.2 Å². The zero-order valence-corrected chi connectivity index (χ0v) is 19.0. The fourth-order valence-electron chi connectivity index (χ4n) is 4.01. The summed E-state index contributed by atoms with van der Waals surface area (Å²) in [6, 6.07) is 11.2. The largest absolute Gasteiger partial charge is 0.335 e. The van der Waals surface area contributed by atoms with E-state index in [2.05, 4.69) is 4.98 Å². The number of carbonyl (C=O) groups is 1. The monoisotopic (exact) mass is 443 g/mol. The third kappa shape index (κ3) is 3.99. The van der Waals surface area contributed by atoms with Gasteiger partial charge in [0.05, 0.1) is 10.6 Å². The number of aromatic nitrogens is 1. The normalized spacial score (nSPS) is 15.6. The number of hydrogen-bond acceptors (Lipinski definition) is 5. The first-order valence-corrected chi connectivity index (χ1v) is 12.4. The van der Waals surface area contributed by atoms with Crippen molar-refractivity contribution in [3.05, 3.63) is 63.7 Å². The summed E-state index contributed by atoms with van der Waals surface area (Å²) in [5.74, 6) is -0.0470. The molecular formula is C22H25N3O3S2. The van der Waals surface area contributed by atoms with Crippen LogP contribution >= 0.6 is 11.3 Å². The van der Waals surface area contributed by atoms with Crippen molar-refractivity contribution in [2.24, 2.45) is 0 Å². The van der Waals surface area contributed by atoms with Gasteiger partial charge in [0, 0.05) is 37.3 Å². The van der Waals surface area contributed by atoms with E-state index in [1.165, 1.54) is 15.6 Å². The van der Waals surface area contributed by atoms with Crippen molar-refractivity contribution in [1.29, 1.82) is 0 Å². The average molecular weight is 444 g/mol. The molecule has 1 aliphatic rings. The minimum Gasteiger partial charge on any atom is -0.335 e. The summed E-state index contributed by atoms with van der Waals surface area (Å²) in [5.41, 5.74) is 3.80. The Kier molecular flexibility index (Phi) is 5.65. The van der Waals surface area contributed by atoms with Crippen LogP contribution in [0.5, 0.6) is 0 Å². The average Bonchev–Trinajstić information content (AvgIpc) is 3.04. The lowest BCUT2D eigenvalue weighted by Crippen LogP contribution is -2.50. The molecule has 0 bridgehead atoms. The van der Waals surface area contributed by atoms with Gasteiger partial charge in [-0.05, 0) is 43.5 Å². The molecule has 0 saturated carbocycles. The molecule has 1 aliphatic heterocycles. The van der Waals surface area contributed by atoms with E-state index in [9.17, 15) is 13.2 Å². The Balaban J connectivity index is 1.48. The van der Waals surface area contributed by atoms with Crippen LogP contribution in [0.15, 0.2) is 36.4 Å². The Morgan fingerprint density at radius 3 is 2.40 bits per heavy atom. The first-order valence-electron chi connectivity index (χ1n) is 9.94. The SMILES string of the molecule is Cc1cc(C)c2c(C)c(C(=O)N3CCN(S(=O)(=O)Cc4ccccc4)CC3)sc2n1. The molecule has 4 rings (SSSR count). The van der Waals surface area contributed by atoms with E-state index in [1.54, 1.807) is 4.90 Å². The second-order valence-electron chi connectivity index (χ2n) is 7.75. The summed E-state index contributed by atoms with van der Waals surface area (Å²) in [7, 11) is -3.40. The van der Waals surface area contributed by atoms with Gasteiger partial charge in [-0.25, -0.2) is 13.4 Å². The highest BCUT2D eigenvalue weighted by atomic mass is 32.2. The molecule has 0 aliphatic carbocycles. The molecule has 1 fully saturated rings. The van der Waals surface area contributed by atoms with Gasteiger partial charge in [0.25, 0.3) is 5.91 Å². The predicted molar refractivity (Wildman–Crippen MR) is 120 cm³/mol. The lowest BCUT2D eigenvalue weighted by molar-refractivity contribution is 0.0702. The van der Waals surface area contributed by atoms with E-state index in [-0.39, 0.29) is 11.7 Å². The highest BCUT2D eigenvalue weighted by molar-refractivity contribution is 7.88. The molecule has 0 radical (unpaired) electrons. The lowest BCUT2D eigenvalue weighted by Gasteiger charge is -2.34. The maximum absolute atomic E-state index is 13.2. The zero-order valence-electron chi connectivity index (χ0n) is 17.4. The molecular weight excluding hydrogens is 418 g/mol. The van der Waals surface area contributed by atoms with Crippen LogP contribution in [0, 0.1) is 20.8 Å². The maximum atomic E-state index is 13.2. The van der Waals surface area contributed by atoms with Gasteiger partial charge in [0.1, 0.15) is 4.83 Å². The third-order valence-electron chi connectivity index (χ3n) is 5.53. The summed E-state index contributed by atoms with van der Waals surface area (Å²) >= 11 is 1.43. The molecule has 8 heteroatoms. The molecule has 3 aromatic rings. The molecule has 0 N–H and O–H groups in total. The Morgan fingerprint density at radius 1 is 1.07 bits per heavy atom. The fourth-order valence-corrected chi connectivity index (χ4v) is 6.80. The molecule has 2 aromatic heterocycles. The Bertz CT molecular complexity index is 1200. The van der Waals surface area contributed by atoms with Crippen LogP contribution in [-0.4, -0.2) is 54.7 Å². The summed E-state index contributed by atoms with van der Waals surface area (Å²) in [6.45, 7) is 7.40. The number of nitrogens with zero attached hydrogens (tertiary/aromatic N) is 3. The molecule has 0 unspecified atom stereocenters. The van der Waals surface area contributed by atoms with Crippen LogP contribution in [0.3, 0.4) is 0 Å². The highest BCUT2D eigenvalue weighted by Crippen LogP contribution is 2.33. The Hall–Kier alpha value is -2.29. The van der Waals surface area contributed by atoms with Gasteiger partial charge in [-0.2, -0.15) is 4.31 Å². The molecule has 1 saturated heterocycles. The molecule has 158 valence electrons. The van der Waals surface area contributed by atoms with Gasteiger partial charge >= 0.3 is 0 Å². The number of amides is 1. The molecule has 0 atom stereocenters. The van der Waals surface area contributed by atoms with Crippen molar-refractivity contribution in [1.82, 2.24) is 14.2 Å². The van der Waals surface area contributed by atoms with Crippen LogP contribution in [0.2, 0.25) is 0 Å². The van der Waals surface area contributed by atoms with Crippen molar-refractivity contribution >= 4 is 37.5 Å². The zero-order chi connectivity index (χ0) is 21.5. The lowest BCUT2D eigenvalue weighted by atomic mass is 10.1. The first-order chi connectivity index (χ1) is 14.3. The van der Waals surface area contributed by atoms with Gasteiger partial charge in [0.15, 0.2) is 0 Å². The number of fused-ring (bicyclic) bond motifs is 1. The number of carbonyl (C=O) groups excluding carboxylic acids is 1. The van der Waals surface area contributed by atoms with Crippen molar-refractivity contribution in [3.63, 3.8) is 0 Å². The number of hydrogen-bond donors (Lipinski definition) is 0. The third-order valence-corrected chi connectivity index (χ3v) is 8.55. The number of thiophene rings is 1. The van der Waals surface area contributed by atoms with Crippen molar-refractivity contribution in [3.8, 4) is 0 Å². The number of rotatable bonds is 4. The quantitative estimate of drug-likeness (QED) is 0.619. The number of sulfonamides is 1. The van der Waals surface area contributed by atoms with Gasteiger partial charge in [0.2, 0.25) is 10.0 Å². The summed E-state index contributed by atoms with van der Waals surface area (Å²) in [6.07, 6.45) is 0. The van der Waals surface area contributed by atoms with Gasteiger partial charge in [-0.1, -0.05) is 30.3 Å². The summed E-state index contributed by atoms with van der Waals surface area (Å²) in [5, 5.41) is 1.05. The minimum atomic E-state index is -3.40. The maximum Gasteiger partial charge on any atom is 0.264 e. The smallest absolute Gasteiger partial charge is 0.264 e. The van der Waals surface area contributed by atoms with E-state index in [0.29, 0.717) is 31.1 Å². The van der Waals surface area contributed by atoms with Crippen LogP contribution < -0.4 is 0 Å². The first kappa shape index (κ1) is 21.0. The standard InChI is InChI=1S/C22H25N3O3S2/c1-15-13-16(2)23-21-19(15)17(3)20(29-21)22(26)24-9-11-25(12-10-24)30(27,28)14-18-7-5-4-6-8-18/h4-8,13H,9-12,14H2,1-3H3.